The molecule has 1 aliphatic heterocycles. The van der Waals surface area contributed by atoms with Gasteiger partial charge in [0.25, 0.3) is 0 Å². The van der Waals surface area contributed by atoms with Crippen molar-refractivity contribution in [3.63, 3.8) is 0 Å². The van der Waals surface area contributed by atoms with E-state index < -0.39 is 18.2 Å². The number of halogens is 2. The summed E-state index contributed by atoms with van der Waals surface area (Å²) in [6.07, 6.45) is 0.168. The number of hydrogen-bond donors (Lipinski definition) is 1. The highest BCUT2D eigenvalue weighted by Crippen LogP contribution is 2.23. The molecule has 1 aliphatic rings. The second kappa shape index (κ2) is 4.39. The van der Waals surface area contributed by atoms with E-state index in [2.05, 4.69) is 31.9 Å². The predicted octanol–water partition coefficient (Wildman–Crippen LogP) is 1.85. The van der Waals surface area contributed by atoms with E-state index in [-0.39, 0.29) is 0 Å². The Labute approximate surface area is 92.7 Å². The summed E-state index contributed by atoms with van der Waals surface area (Å²) in [5.74, 6) is -0.438. The number of hydrogen-bond acceptors (Lipinski definition) is 3. The molecule has 2 atom stereocenters. The second-order valence-corrected chi connectivity index (χ2v) is 3.99. The molecule has 13 heavy (non-hydrogen) atoms. The first-order valence-corrected chi connectivity index (χ1v) is 5.30. The zero-order valence-electron chi connectivity index (χ0n) is 6.83. The van der Waals surface area contributed by atoms with Gasteiger partial charge in [0.1, 0.15) is 10.6 Å². The normalized spacial score (nSPS) is 25.5. The standard InChI is InChI=1S/C8H8Br2O3/c1-4(3-9)7(11)6-2-5(10)8(12)13-6/h2-3,6-7,11H,1H3/b4-3+/t6-,7-/m1/s1. The molecule has 0 amide bonds. The van der Waals surface area contributed by atoms with E-state index >= 15 is 0 Å². The van der Waals surface area contributed by atoms with Gasteiger partial charge in [-0.25, -0.2) is 4.79 Å². The Morgan fingerprint density at radius 1 is 1.85 bits per heavy atom. The fourth-order valence-electron chi connectivity index (χ4n) is 0.905. The molecule has 0 bridgehead atoms. The van der Waals surface area contributed by atoms with Gasteiger partial charge in [-0.05, 0) is 39.5 Å². The van der Waals surface area contributed by atoms with E-state index in [4.69, 9.17) is 4.74 Å². The van der Waals surface area contributed by atoms with Crippen molar-refractivity contribution in [2.45, 2.75) is 19.1 Å². The summed E-state index contributed by atoms with van der Waals surface area (Å²) < 4.78 is 5.23. The van der Waals surface area contributed by atoms with Crippen LogP contribution in [0.4, 0.5) is 0 Å². The lowest BCUT2D eigenvalue weighted by atomic mass is 10.1. The van der Waals surface area contributed by atoms with Crippen LogP contribution in [0.25, 0.3) is 0 Å². The number of carbonyl (C=O) groups excluding carboxylic acids is 1. The van der Waals surface area contributed by atoms with Crippen LogP contribution in [0, 0.1) is 0 Å². The summed E-state index contributed by atoms with van der Waals surface area (Å²) >= 11 is 6.13. The number of cyclic esters (lactones) is 1. The molecule has 0 radical (unpaired) electrons. The third kappa shape index (κ3) is 2.42. The summed E-state index contributed by atoms with van der Waals surface area (Å²) in [6.45, 7) is 1.74. The third-order valence-electron chi connectivity index (χ3n) is 1.70. The molecule has 0 spiro atoms. The molecule has 72 valence electrons. The van der Waals surface area contributed by atoms with Crippen LogP contribution in [0.15, 0.2) is 21.1 Å². The van der Waals surface area contributed by atoms with Gasteiger partial charge in [-0.3, -0.25) is 0 Å². The zero-order valence-corrected chi connectivity index (χ0v) is 10.0. The Bertz CT molecular complexity index is 283. The smallest absolute Gasteiger partial charge is 0.345 e. The first-order valence-electron chi connectivity index (χ1n) is 3.59. The molecule has 0 saturated heterocycles. The summed E-state index contributed by atoms with van der Waals surface area (Å²) in [5, 5.41) is 9.61. The Kier molecular flexibility index (Phi) is 3.70. The average Bonchev–Trinajstić information content (AvgIpc) is 2.44. The molecule has 0 unspecified atom stereocenters. The Morgan fingerprint density at radius 3 is 2.85 bits per heavy atom. The minimum Gasteiger partial charge on any atom is -0.451 e. The van der Waals surface area contributed by atoms with Gasteiger partial charge in [-0.15, -0.1) is 0 Å². The van der Waals surface area contributed by atoms with Crippen molar-refractivity contribution in [3.05, 3.63) is 21.1 Å². The lowest BCUT2D eigenvalue weighted by Gasteiger charge is -2.15. The Balaban J connectivity index is 2.72. The van der Waals surface area contributed by atoms with Crippen molar-refractivity contribution < 1.29 is 14.6 Å². The molecule has 3 nitrogen and oxygen atoms in total. The maximum absolute atomic E-state index is 10.9. The van der Waals surface area contributed by atoms with Gasteiger partial charge in [0.2, 0.25) is 0 Å². The third-order valence-corrected chi connectivity index (χ3v) is 3.01. The summed E-state index contributed by atoms with van der Waals surface area (Å²) in [6, 6.07) is 0. The van der Waals surface area contributed by atoms with Gasteiger partial charge in [0, 0.05) is 0 Å². The molecule has 1 rings (SSSR count). The number of rotatable bonds is 2. The van der Waals surface area contributed by atoms with E-state index in [1.807, 2.05) is 0 Å². The molecular weight excluding hydrogens is 304 g/mol. The van der Waals surface area contributed by atoms with E-state index in [9.17, 15) is 9.90 Å². The summed E-state index contributed by atoms with van der Waals surface area (Å²) in [5.41, 5.74) is 0.705. The minimum atomic E-state index is -0.793. The molecule has 0 fully saturated rings. The van der Waals surface area contributed by atoms with Crippen LogP contribution in [0.3, 0.4) is 0 Å². The molecule has 0 aromatic heterocycles. The maximum Gasteiger partial charge on any atom is 0.345 e. The van der Waals surface area contributed by atoms with Crippen molar-refractivity contribution in [1.29, 1.82) is 0 Å². The molecule has 5 heteroatoms. The van der Waals surface area contributed by atoms with Crippen molar-refractivity contribution in [3.8, 4) is 0 Å². The van der Waals surface area contributed by atoms with Gasteiger partial charge >= 0.3 is 5.97 Å². The topological polar surface area (TPSA) is 46.5 Å². The summed E-state index contributed by atoms with van der Waals surface area (Å²) in [4.78, 5) is 12.5. The molecular formula is C8H8Br2O3. The van der Waals surface area contributed by atoms with Crippen LogP contribution < -0.4 is 0 Å². The highest BCUT2D eigenvalue weighted by atomic mass is 79.9. The Morgan fingerprint density at radius 2 is 2.46 bits per heavy atom. The molecule has 1 heterocycles. The van der Waals surface area contributed by atoms with Crippen molar-refractivity contribution in [2.24, 2.45) is 0 Å². The highest BCUT2D eigenvalue weighted by molar-refractivity contribution is 9.12. The van der Waals surface area contributed by atoms with Gasteiger partial charge in [0.05, 0.1) is 0 Å². The second-order valence-electron chi connectivity index (χ2n) is 2.68. The van der Waals surface area contributed by atoms with Crippen molar-refractivity contribution in [2.75, 3.05) is 0 Å². The molecule has 1 N–H and O–H groups in total. The number of ether oxygens (including phenoxy) is 1. The lowest BCUT2D eigenvalue weighted by Crippen LogP contribution is -2.26. The van der Waals surface area contributed by atoms with E-state index in [1.165, 1.54) is 0 Å². The van der Waals surface area contributed by atoms with Crippen LogP contribution >= 0.6 is 31.9 Å². The average molecular weight is 312 g/mol. The van der Waals surface area contributed by atoms with Crippen LogP contribution in [0.5, 0.6) is 0 Å². The number of carbonyl (C=O) groups is 1. The van der Waals surface area contributed by atoms with Crippen LogP contribution in [-0.4, -0.2) is 23.3 Å². The maximum atomic E-state index is 10.9. The van der Waals surface area contributed by atoms with Gasteiger partial charge in [0.15, 0.2) is 6.10 Å². The van der Waals surface area contributed by atoms with Crippen LogP contribution in [0.2, 0.25) is 0 Å². The number of aliphatic hydroxyl groups excluding tert-OH is 1. The van der Waals surface area contributed by atoms with Gasteiger partial charge in [-0.2, -0.15) is 0 Å². The monoisotopic (exact) mass is 310 g/mol. The number of aliphatic hydroxyl groups is 1. The van der Waals surface area contributed by atoms with Gasteiger partial charge < -0.3 is 9.84 Å². The predicted molar refractivity (Wildman–Crippen MR) is 55.6 cm³/mol. The van der Waals surface area contributed by atoms with E-state index in [0.29, 0.717) is 10.1 Å². The molecule has 0 aromatic rings. The van der Waals surface area contributed by atoms with Gasteiger partial charge in [-0.1, -0.05) is 15.9 Å². The number of esters is 1. The first kappa shape index (κ1) is 10.9. The largest absolute Gasteiger partial charge is 0.451 e. The SMILES string of the molecule is C/C(=C\Br)[C@@H](O)[C@H]1C=C(Br)C(=O)O1. The fraction of sp³-hybridized carbons (Fsp3) is 0.375. The first-order chi connectivity index (χ1) is 6.06. The van der Waals surface area contributed by atoms with E-state index in [0.717, 1.165) is 0 Å². The van der Waals surface area contributed by atoms with E-state index in [1.54, 1.807) is 18.0 Å². The lowest BCUT2D eigenvalue weighted by molar-refractivity contribution is -0.141. The molecule has 0 aliphatic carbocycles. The zero-order chi connectivity index (χ0) is 10.0. The minimum absolute atomic E-state index is 0.360. The van der Waals surface area contributed by atoms with Crippen LogP contribution in [0.1, 0.15) is 6.92 Å². The quantitative estimate of drug-likeness (QED) is 0.792. The Hall–Kier alpha value is -0.130. The highest BCUT2D eigenvalue weighted by Gasteiger charge is 2.30. The fourth-order valence-corrected chi connectivity index (χ4v) is 1.53. The van der Waals surface area contributed by atoms with Crippen LogP contribution in [-0.2, 0) is 9.53 Å². The summed E-state index contributed by atoms with van der Waals surface area (Å²) in [7, 11) is 0. The van der Waals surface area contributed by atoms with Crippen molar-refractivity contribution >= 4 is 37.8 Å². The van der Waals surface area contributed by atoms with Crippen molar-refractivity contribution in [1.82, 2.24) is 0 Å². The molecule has 0 aromatic carbocycles. The molecule has 0 saturated carbocycles.